The first-order valence-electron chi connectivity index (χ1n) is 9.13. The Morgan fingerprint density at radius 2 is 1.88 bits per heavy atom. The van der Waals surface area contributed by atoms with Gasteiger partial charge in [-0.25, -0.2) is 9.97 Å². The van der Waals surface area contributed by atoms with Crippen LogP contribution in [-0.2, 0) is 10.2 Å². The van der Waals surface area contributed by atoms with Gasteiger partial charge in [0.25, 0.3) is 0 Å². The number of carbonyl (C=O) groups excluding carboxylic acids is 1. The smallest absolute Gasteiger partial charge is 0.230 e. The molecule has 1 aliphatic rings. The third-order valence-electron chi connectivity index (χ3n) is 4.55. The Bertz CT molecular complexity index is 748. The second kappa shape index (κ2) is 7.73. The molecule has 3 rings (SSSR count). The highest BCUT2D eigenvalue weighted by molar-refractivity contribution is 8.00. The molecule has 0 saturated heterocycles. The van der Waals surface area contributed by atoms with Gasteiger partial charge in [-0.05, 0) is 18.9 Å². The van der Waals surface area contributed by atoms with Crippen LogP contribution in [0.15, 0.2) is 29.3 Å². The Hall–Kier alpha value is -1.62. The molecule has 5 heteroatoms. The van der Waals surface area contributed by atoms with Gasteiger partial charge in [0.05, 0.1) is 11.3 Å². The number of hydrogen-bond donors (Lipinski definition) is 1. The number of carbonyl (C=O) groups is 1. The molecule has 0 aliphatic heterocycles. The minimum absolute atomic E-state index is 0.108. The van der Waals surface area contributed by atoms with Crippen LogP contribution in [0.1, 0.15) is 58.7 Å². The van der Waals surface area contributed by atoms with E-state index < -0.39 is 0 Å². The van der Waals surface area contributed by atoms with Crippen LogP contribution in [0.2, 0.25) is 0 Å². The zero-order valence-corrected chi connectivity index (χ0v) is 16.2. The first-order valence-corrected chi connectivity index (χ1v) is 10.1. The number of hydrogen-bond acceptors (Lipinski definition) is 4. The molecular formula is C20H27N3OS. The van der Waals surface area contributed by atoms with Crippen molar-refractivity contribution in [2.24, 2.45) is 0 Å². The molecule has 0 spiro atoms. The maximum absolute atomic E-state index is 12.3. The summed E-state index contributed by atoms with van der Waals surface area (Å²) in [7, 11) is 0. The summed E-state index contributed by atoms with van der Waals surface area (Å²) < 4.78 is 0. The van der Waals surface area contributed by atoms with E-state index in [-0.39, 0.29) is 11.3 Å². The van der Waals surface area contributed by atoms with Crippen LogP contribution >= 0.6 is 11.8 Å². The molecule has 1 aromatic carbocycles. The molecule has 1 saturated carbocycles. The number of para-hydroxylation sites is 1. The van der Waals surface area contributed by atoms with Crippen molar-refractivity contribution in [1.29, 1.82) is 0 Å². The van der Waals surface area contributed by atoms with Crippen molar-refractivity contribution < 1.29 is 4.79 Å². The maximum atomic E-state index is 12.3. The number of fused-ring (bicyclic) bond motifs is 1. The zero-order chi connectivity index (χ0) is 17.9. The largest absolute Gasteiger partial charge is 0.353 e. The summed E-state index contributed by atoms with van der Waals surface area (Å²) >= 11 is 1.51. The summed E-state index contributed by atoms with van der Waals surface area (Å²) in [5, 5.41) is 5.10. The number of amides is 1. The van der Waals surface area contributed by atoms with Gasteiger partial charge in [0.2, 0.25) is 5.91 Å². The van der Waals surface area contributed by atoms with Crippen molar-refractivity contribution >= 4 is 28.6 Å². The molecule has 0 bridgehead atoms. The molecule has 1 N–H and O–H groups in total. The molecule has 1 heterocycles. The van der Waals surface area contributed by atoms with Crippen molar-refractivity contribution in [2.45, 2.75) is 69.4 Å². The summed E-state index contributed by atoms with van der Waals surface area (Å²) in [4.78, 5) is 21.8. The van der Waals surface area contributed by atoms with Crippen molar-refractivity contribution in [1.82, 2.24) is 15.3 Å². The number of benzene rings is 1. The van der Waals surface area contributed by atoms with Crippen LogP contribution in [-0.4, -0.2) is 27.7 Å². The molecule has 134 valence electrons. The predicted molar refractivity (Wildman–Crippen MR) is 104 cm³/mol. The second-order valence-corrected chi connectivity index (χ2v) is 8.77. The van der Waals surface area contributed by atoms with Gasteiger partial charge in [-0.1, -0.05) is 70.0 Å². The summed E-state index contributed by atoms with van der Waals surface area (Å²) in [5.41, 5.74) is 0.821. The Balaban J connectivity index is 1.74. The SMILES string of the molecule is CC(C)(C)c1nc(SCC(=O)NC2CCCCC2)c2ccccc2n1. The van der Waals surface area contributed by atoms with E-state index in [2.05, 4.69) is 26.1 Å². The van der Waals surface area contributed by atoms with E-state index in [0.717, 1.165) is 34.6 Å². The van der Waals surface area contributed by atoms with Gasteiger partial charge in [0.15, 0.2) is 0 Å². The number of rotatable bonds is 4. The van der Waals surface area contributed by atoms with Crippen LogP contribution < -0.4 is 5.32 Å². The average Bonchev–Trinajstić information content (AvgIpc) is 2.59. The third-order valence-corrected chi connectivity index (χ3v) is 5.54. The Kier molecular flexibility index (Phi) is 5.62. The van der Waals surface area contributed by atoms with E-state index in [0.29, 0.717) is 11.8 Å². The molecular weight excluding hydrogens is 330 g/mol. The summed E-state index contributed by atoms with van der Waals surface area (Å²) in [6.07, 6.45) is 5.97. The van der Waals surface area contributed by atoms with Crippen LogP contribution in [0.5, 0.6) is 0 Å². The predicted octanol–water partition coefficient (Wildman–Crippen LogP) is 4.47. The molecule has 25 heavy (non-hydrogen) atoms. The molecule has 0 radical (unpaired) electrons. The number of thioether (sulfide) groups is 1. The van der Waals surface area contributed by atoms with Gasteiger partial charge in [-0.2, -0.15) is 0 Å². The fourth-order valence-electron chi connectivity index (χ4n) is 3.14. The second-order valence-electron chi connectivity index (χ2n) is 7.81. The molecule has 1 amide bonds. The Morgan fingerprint density at radius 1 is 1.16 bits per heavy atom. The van der Waals surface area contributed by atoms with Gasteiger partial charge >= 0.3 is 0 Å². The minimum Gasteiger partial charge on any atom is -0.353 e. The number of nitrogens with one attached hydrogen (secondary N) is 1. The summed E-state index contributed by atoms with van der Waals surface area (Å²) in [6.45, 7) is 6.34. The lowest BCUT2D eigenvalue weighted by molar-refractivity contribution is -0.119. The number of nitrogens with zero attached hydrogens (tertiary/aromatic N) is 2. The van der Waals surface area contributed by atoms with Crippen LogP contribution in [0, 0.1) is 0 Å². The summed E-state index contributed by atoms with van der Waals surface area (Å²) in [5.74, 6) is 1.33. The van der Waals surface area contributed by atoms with Gasteiger partial charge in [0, 0.05) is 16.8 Å². The lowest BCUT2D eigenvalue weighted by Gasteiger charge is -2.22. The molecule has 2 aromatic rings. The van der Waals surface area contributed by atoms with Gasteiger partial charge in [-0.3, -0.25) is 4.79 Å². The topological polar surface area (TPSA) is 54.9 Å². The van der Waals surface area contributed by atoms with Crippen molar-refractivity contribution in [3.63, 3.8) is 0 Å². The monoisotopic (exact) mass is 357 g/mol. The first-order chi connectivity index (χ1) is 11.9. The Labute approximate surface area is 154 Å². The normalized spacial score (nSPS) is 16.1. The molecule has 0 atom stereocenters. The standard InChI is InChI=1S/C20H27N3OS/c1-20(2,3)19-22-16-12-8-7-11-15(16)18(23-19)25-13-17(24)21-14-9-5-4-6-10-14/h7-8,11-12,14H,4-6,9-10,13H2,1-3H3,(H,21,24). The molecule has 4 nitrogen and oxygen atoms in total. The van der Waals surface area contributed by atoms with Crippen LogP contribution in [0.3, 0.4) is 0 Å². The molecule has 0 unspecified atom stereocenters. The lowest BCUT2D eigenvalue weighted by atomic mass is 9.95. The van der Waals surface area contributed by atoms with E-state index in [1.165, 1.54) is 31.0 Å². The zero-order valence-electron chi connectivity index (χ0n) is 15.3. The lowest BCUT2D eigenvalue weighted by Crippen LogP contribution is -2.37. The quantitative estimate of drug-likeness (QED) is 0.648. The summed E-state index contributed by atoms with van der Waals surface area (Å²) in [6, 6.07) is 8.39. The highest BCUT2D eigenvalue weighted by atomic mass is 32.2. The fourth-order valence-corrected chi connectivity index (χ4v) is 3.97. The first kappa shape index (κ1) is 18.2. The van der Waals surface area contributed by atoms with Gasteiger partial charge < -0.3 is 5.32 Å². The highest BCUT2D eigenvalue weighted by Crippen LogP contribution is 2.29. The number of aromatic nitrogens is 2. The fraction of sp³-hybridized carbons (Fsp3) is 0.550. The van der Waals surface area contributed by atoms with Crippen molar-refractivity contribution in [2.75, 3.05) is 5.75 Å². The Morgan fingerprint density at radius 3 is 2.60 bits per heavy atom. The highest BCUT2D eigenvalue weighted by Gasteiger charge is 2.21. The van der Waals surface area contributed by atoms with Gasteiger partial charge in [-0.15, -0.1) is 0 Å². The van der Waals surface area contributed by atoms with E-state index >= 15 is 0 Å². The maximum Gasteiger partial charge on any atom is 0.230 e. The molecule has 1 fully saturated rings. The van der Waals surface area contributed by atoms with E-state index in [1.807, 2.05) is 24.3 Å². The molecule has 1 aromatic heterocycles. The molecule has 1 aliphatic carbocycles. The minimum atomic E-state index is -0.121. The van der Waals surface area contributed by atoms with Crippen LogP contribution in [0.4, 0.5) is 0 Å². The van der Waals surface area contributed by atoms with Crippen molar-refractivity contribution in [3.8, 4) is 0 Å². The van der Waals surface area contributed by atoms with E-state index in [9.17, 15) is 4.79 Å². The average molecular weight is 358 g/mol. The van der Waals surface area contributed by atoms with Crippen molar-refractivity contribution in [3.05, 3.63) is 30.1 Å². The van der Waals surface area contributed by atoms with Gasteiger partial charge in [0.1, 0.15) is 10.9 Å². The van der Waals surface area contributed by atoms with Crippen LogP contribution in [0.25, 0.3) is 10.9 Å². The third kappa shape index (κ3) is 4.72. The van der Waals surface area contributed by atoms with E-state index in [4.69, 9.17) is 9.97 Å². The van der Waals surface area contributed by atoms with E-state index in [1.54, 1.807) is 0 Å².